The molecule has 0 radical (unpaired) electrons. The van der Waals surface area contributed by atoms with Crippen molar-refractivity contribution in [3.63, 3.8) is 0 Å². The fraction of sp³-hybridized carbons (Fsp3) is 0.222. The van der Waals surface area contributed by atoms with Crippen LogP contribution in [0.2, 0.25) is 0 Å². The maximum absolute atomic E-state index is 14.5. The molecular formula is C18H15FN4O2. The summed E-state index contributed by atoms with van der Waals surface area (Å²) >= 11 is 0. The van der Waals surface area contributed by atoms with Crippen molar-refractivity contribution < 1.29 is 14.3 Å². The lowest BCUT2D eigenvalue weighted by atomic mass is 9.99. The van der Waals surface area contributed by atoms with Crippen LogP contribution in [0.1, 0.15) is 47.2 Å². The Morgan fingerprint density at radius 3 is 2.68 bits per heavy atom. The number of carbonyl (C=O) groups is 1. The zero-order chi connectivity index (χ0) is 18.3. The van der Waals surface area contributed by atoms with E-state index in [1.165, 1.54) is 28.8 Å². The molecule has 0 aliphatic carbocycles. The first-order valence-corrected chi connectivity index (χ1v) is 7.67. The first-order valence-electron chi connectivity index (χ1n) is 7.67. The molecule has 0 aliphatic rings. The number of nitrogens with zero attached hydrogens (tertiary/aromatic N) is 4. The minimum Gasteiger partial charge on any atom is -0.477 e. The lowest BCUT2D eigenvalue weighted by Crippen LogP contribution is -2.09. The molecule has 1 N–H and O–H groups in total. The molecule has 0 saturated carbocycles. The van der Waals surface area contributed by atoms with E-state index in [4.69, 9.17) is 0 Å². The van der Waals surface area contributed by atoms with Crippen LogP contribution in [0.3, 0.4) is 0 Å². The average Bonchev–Trinajstić information content (AvgIpc) is 2.89. The van der Waals surface area contributed by atoms with Crippen molar-refractivity contribution in [3.05, 3.63) is 52.7 Å². The molecule has 0 amide bonds. The summed E-state index contributed by atoms with van der Waals surface area (Å²) in [5, 5.41) is 23.1. The monoisotopic (exact) mass is 338 g/mol. The number of hydrogen-bond acceptors (Lipinski definition) is 4. The number of aromatic carboxylic acids is 1. The molecule has 6 nitrogen and oxygen atoms in total. The Morgan fingerprint density at radius 1 is 1.36 bits per heavy atom. The van der Waals surface area contributed by atoms with Gasteiger partial charge >= 0.3 is 5.97 Å². The highest BCUT2D eigenvalue weighted by Gasteiger charge is 2.23. The summed E-state index contributed by atoms with van der Waals surface area (Å²) in [5.41, 5.74) is 1.76. The van der Waals surface area contributed by atoms with Crippen LogP contribution >= 0.6 is 0 Å². The molecule has 25 heavy (non-hydrogen) atoms. The predicted molar refractivity (Wildman–Crippen MR) is 88.9 cm³/mol. The van der Waals surface area contributed by atoms with Gasteiger partial charge in [0.1, 0.15) is 5.82 Å². The van der Waals surface area contributed by atoms with Gasteiger partial charge in [-0.3, -0.25) is 0 Å². The molecule has 0 fully saturated rings. The molecule has 0 bridgehead atoms. The van der Waals surface area contributed by atoms with E-state index in [1.54, 1.807) is 6.92 Å². The molecule has 7 heteroatoms. The Balaban J connectivity index is 2.48. The third-order valence-corrected chi connectivity index (χ3v) is 3.99. The summed E-state index contributed by atoms with van der Waals surface area (Å²) in [4.78, 5) is 15.6. The van der Waals surface area contributed by atoms with E-state index in [1.807, 2.05) is 19.9 Å². The minimum atomic E-state index is -1.18. The third kappa shape index (κ3) is 2.62. The summed E-state index contributed by atoms with van der Waals surface area (Å²) in [6.45, 7) is 5.49. The van der Waals surface area contributed by atoms with Gasteiger partial charge < -0.3 is 5.11 Å². The molecule has 3 rings (SSSR count). The summed E-state index contributed by atoms with van der Waals surface area (Å²) in [7, 11) is 0. The van der Waals surface area contributed by atoms with Gasteiger partial charge in [-0.05, 0) is 31.0 Å². The van der Waals surface area contributed by atoms with E-state index in [0.29, 0.717) is 17.0 Å². The Morgan fingerprint density at radius 2 is 2.08 bits per heavy atom. The summed E-state index contributed by atoms with van der Waals surface area (Å²) in [6.07, 6.45) is 0. The van der Waals surface area contributed by atoms with Crippen molar-refractivity contribution in [1.82, 2.24) is 14.6 Å². The number of rotatable bonds is 3. The lowest BCUT2D eigenvalue weighted by Gasteiger charge is -2.10. The van der Waals surface area contributed by atoms with Crippen LogP contribution in [0.4, 0.5) is 4.39 Å². The second-order valence-electron chi connectivity index (χ2n) is 6.00. The van der Waals surface area contributed by atoms with Gasteiger partial charge in [-0.1, -0.05) is 19.9 Å². The Hall–Kier alpha value is -3.27. The lowest BCUT2D eigenvalue weighted by molar-refractivity contribution is 0.0690. The fourth-order valence-corrected chi connectivity index (χ4v) is 2.83. The molecule has 0 spiro atoms. The van der Waals surface area contributed by atoms with Crippen LogP contribution in [-0.4, -0.2) is 25.7 Å². The van der Waals surface area contributed by atoms with Gasteiger partial charge in [0, 0.05) is 11.3 Å². The number of aryl methyl sites for hydroxylation is 1. The average molecular weight is 338 g/mol. The van der Waals surface area contributed by atoms with Crippen LogP contribution in [0.25, 0.3) is 16.8 Å². The van der Waals surface area contributed by atoms with E-state index in [2.05, 4.69) is 10.1 Å². The molecule has 0 unspecified atom stereocenters. The van der Waals surface area contributed by atoms with Crippen LogP contribution in [-0.2, 0) is 0 Å². The van der Waals surface area contributed by atoms with Gasteiger partial charge in [-0.2, -0.15) is 10.4 Å². The molecule has 3 aromatic rings. The Bertz CT molecular complexity index is 1050. The number of aromatic nitrogens is 3. The highest BCUT2D eigenvalue weighted by atomic mass is 19.1. The standard InChI is InChI=1S/C18H15FN4O2/c1-9(2)14-7-13(18(24)25)21-17-15(10(3)22-23(14)17)16-11(8-20)5-4-6-12(16)19/h4-7,9H,1-3H3,(H,24,25). The SMILES string of the molecule is Cc1nn2c(C(C)C)cc(C(=O)O)nc2c1-c1c(F)cccc1C#N. The first-order chi connectivity index (χ1) is 11.8. The molecule has 0 saturated heterocycles. The molecule has 0 aliphatic heterocycles. The highest BCUT2D eigenvalue weighted by Crippen LogP contribution is 2.33. The van der Waals surface area contributed by atoms with Crippen LogP contribution < -0.4 is 0 Å². The number of carboxylic acid groups (broad SMARTS) is 1. The number of halogens is 1. The van der Waals surface area contributed by atoms with Gasteiger partial charge in [-0.15, -0.1) is 0 Å². The molecule has 2 heterocycles. The Kier molecular flexibility index (Phi) is 3.97. The summed E-state index contributed by atoms with van der Waals surface area (Å²) < 4.78 is 16.0. The smallest absolute Gasteiger partial charge is 0.354 e. The van der Waals surface area contributed by atoms with Gasteiger partial charge in [0.05, 0.1) is 22.9 Å². The molecule has 1 aromatic carbocycles. The Labute approximate surface area is 143 Å². The van der Waals surface area contributed by atoms with Gasteiger partial charge in [0.2, 0.25) is 0 Å². The van der Waals surface area contributed by atoms with E-state index < -0.39 is 11.8 Å². The number of benzene rings is 1. The van der Waals surface area contributed by atoms with Gasteiger partial charge in [0.15, 0.2) is 11.3 Å². The fourth-order valence-electron chi connectivity index (χ4n) is 2.83. The van der Waals surface area contributed by atoms with E-state index >= 15 is 0 Å². The van der Waals surface area contributed by atoms with Crippen molar-refractivity contribution in [2.45, 2.75) is 26.7 Å². The van der Waals surface area contributed by atoms with Crippen molar-refractivity contribution in [1.29, 1.82) is 5.26 Å². The number of carboxylic acids is 1. The topological polar surface area (TPSA) is 91.3 Å². The molecule has 0 atom stereocenters. The summed E-state index contributed by atoms with van der Waals surface area (Å²) in [6, 6.07) is 7.64. The van der Waals surface area contributed by atoms with Crippen molar-refractivity contribution in [2.75, 3.05) is 0 Å². The maximum Gasteiger partial charge on any atom is 0.354 e. The first kappa shape index (κ1) is 16.6. The van der Waals surface area contributed by atoms with Crippen LogP contribution in [0.5, 0.6) is 0 Å². The van der Waals surface area contributed by atoms with Crippen molar-refractivity contribution in [2.24, 2.45) is 0 Å². The number of hydrogen-bond donors (Lipinski definition) is 1. The second-order valence-corrected chi connectivity index (χ2v) is 6.00. The predicted octanol–water partition coefficient (Wildman–Crippen LogP) is 3.54. The van der Waals surface area contributed by atoms with E-state index in [0.717, 1.165) is 0 Å². The molecule has 2 aromatic heterocycles. The van der Waals surface area contributed by atoms with E-state index in [9.17, 15) is 19.6 Å². The van der Waals surface area contributed by atoms with E-state index in [-0.39, 0.29) is 28.4 Å². The number of nitriles is 1. The minimum absolute atomic E-state index is 0.0215. The van der Waals surface area contributed by atoms with Crippen LogP contribution in [0, 0.1) is 24.1 Å². The van der Waals surface area contributed by atoms with Crippen molar-refractivity contribution in [3.8, 4) is 17.2 Å². The summed E-state index contributed by atoms with van der Waals surface area (Å²) in [5.74, 6) is -1.78. The zero-order valence-electron chi connectivity index (χ0n) is 13.9. The van der Waals surface area contributed by atoms with Crippen molar-refractivity contribution >= 4 is 11.6 Å². The number of fused-ring (bicyclic) bond motifs is 1. The zero-order valence-corrected chi connectivity index (χ0v) is 13.9. The van der Waals surface area contributed by atoms with Crippen LogP contribution in [0.15, 0.2) is 24.3 Å². The third-order valence-electron chi connectivity index (χ3n) is 3.99. The van der Waals surface area contributed by atoms with Gasteiger partial charge in [-0.25, -0.2) is 18.7 Å². The normalized spacial score (nSPS) is 11.0. The highest BCUT2D eigenvalue weighted by molar-refractivity contribution is 5.89. The molecular weight excluding hydrogens is 323 g/mol. The quantitative estimate of drug-likeness (QED) is 0.789. The second kappa shape index (κ2) is 5.98. The largest absolute Gasteiger partial charge is 0.477 e. The maximum atomic E-state index is 14.5. The molecule has 126 valence electrons. The van der Waals surface area contributed by atoms with Gasteiger partial charge in [0.25, 0.3) is 0 Å².